The van der Waals surface area contributed by atoms with E-state index in [0.717, 1.165) is 11.1 Å². The van der Waals surface area contributed by atoms with E-state index in [1.165, 1.54) is 26.2 Å². The van der Waals surface area contributed by atoms with Crippen LogP contribution in [0.5, 0.6) is 5.75 Å². The third-order valence-electron chi connectivity index (χ3n) is 2.71. The molecule has 0 spiro atoms. The Morgan fingerprint density at radius 2 is 1.89 bits per heavy atom. The van der Waals surface area contributed by atoms with Crippen LogP contribution in [0.3, 0.4) is 0 Å². The molecule has 0 radical (unpaired) electrons. The number of halogens is 1. The van der Waals surface area contributed by atoms with Crippen molar-refractivity contribution < 1.29 is 13.9 Å². The van der Waals surface area contributed by atoms with Gasteiger partial charge in [0.05, 0.1) is 7.11 Å². The molecule has 0 fully saturated rings. The topological polar surface area (TPSA) is 26.3 Å². The number of methoxy groups -OCH3 is 1. The van der Waals surface area contributed by atoms with Crippen LogP contribution in [0, 0.1) is 5.82 Å². The van der Waals surface area contributed by atoms with E-state index < -0.39 is 0 Å². The summed E-state index contributed by atoms with van der Waals surface area (Å²) in [6, 6.07) is 11.4. The van der Waals surface area contributed by atoms with Crippen molar-refractivity contribution in [3.05, 3.63) is 53.8 Å². The molecule has 0 aliphatic carbocycles. The quantitative estimate of drug-likeness (QED) is 0.769. The molecule has 0 N–H and O–H groups in total. The van der Waals surface area contributed by atoms with Crippen molar-refractivity contribution in [1.29, 1.82) is 0 Å². The van der Waals surface area contributed by atoms with Gasteiger partial charge in [0, 0.05) is 5.56 Å². The molecule has 0 amide bonds. The maximum atomic E-state index is 13.2. The SMILES string of the molecule is COc1cc(C(C)=O)cc(-c2cccc(F)c2)c1. The maximum Gasteiger partial charge on any atom is 0.159 e. The normalized spacial score (nSPS) is 10.2. The molecule has 2 rings (SSSR count). The lowest BCUT2D eigenvalue weighted by molar-refractivity contribution is 0.101. The molecular weight excluding hydrogens is 231 g/mol. The molecule has 2 nitrogen and oxygen atoms in total. The summed E-state index contributed by atoms with van der Waals surface area (Å²) in [6.07, 6.45) is 0. The third-order valence-corrected chi connectivity index (χ3v) is 2.71. The van der Waals surface area contributed by atoms with Gasteiger partial charge in [-0.15, -0.1) is 0 Å². The Morgan fingerprint density at radius 1 is 1.11 bits per heavy atom. The summed E-state index contributed by atoms with van der Waals surface area (Å²) in [6.45, 7) is 1.49. The summed E-state index contributed by atoms with van der Waals surface area (Å²) in [5.41, 5.74) is 2.03. The van der Waals surface area contributed by atoms with Crippen molar-refractivity contribution in [3.63, 3.8) is 0 Å². The van der Waals surface area contributed by atoms with Crippen molar-refractivity contribution in [2.45, 2.75) is 6.92 Å². The molecule has 0 aliphatic heterocycles. The fraction of sp³-hybridized carbons (Fsp3) is 0.133. The van der Waals surface area contributed by atoms with E-state index in [0.29, 0.717) is 11.3 Å². The van der Waals surface area contributed by atoms with Gasteiger partial charge in [-0.2, -0.15) is 0 Å². The highest BCUT2D eigenvalue weighted by Gasteiger charge is 2.07. The Hall–Kier alpha value is -2.16. The van der Waals surface area contributed by atoms with Gasteiger partial charge in [-0.05, 0) is 48.4 Å². The van der Waals surface area contributed by atoms with E-state index in [2.05, 4.69) is 0 Å². The number of ketones is 1. The van der Waals surface area contributed by atoms with Crippen LogP contribution in [-0.4, -0.2) is 12.9 Å². The minimum absolute atomic E-state index is 0.0495. The van der Waals surface area contributed by atoms with E-state index in [1.807, 2.05) is 0 Å². The number of hydrogen-bond acceptors (Lipinski definition) is 2. The van der Waals surface area contributed by atoms with Gasteiger partial charge in [0.2, 0.25) is 0 Å². The summed E-state index contributed by atoms with van der Waals surface area (Å²) in [4.78, 5) is 11.4. The number of carbonyl (C=O) groups excluding carboxylic acids is 1. The molecule has 0 saturated carbocycles. The van der Waals surface area contributed by atoms with Crippen LogP contribution >= 0.6 is 0 Å². The Labute approximate surface area is 105 Å². The molecule has 0 unspecified atom stereocenters. The Bertz CT molecular complexity index is 591. The number of ether oxygens (including phenoxy) is 1. The molecule has 0 saturated heterocycles. The third kappa shape index (κ3) is 2.56. The Morgan fingerprint density at radius 3 is 2.50 bits per heavy atom. The second-order valence-corrected chi connectivity index (χ2v) is 4.02. The standard InChI is InChI=1S/C15H13FO2/c1-10(17)12-6-13(9-15(8-12)18-2)11-4-3-5-14(16)7-11/h3-9H,1-2H3. The number of benzene rings is 2. The van der Waals surface area contributed by atoms with Crippen molar-refractivity contribution in [3.8, 4) is 16.9 Å². The average molecular weight is 244 g/mol. The molecule has 92 valence electrons. The number of Topliss-reactive ketones (excluding diaryl/α,β-unsaturated/α-hetero) is 1. The first-order valence-corrected chi connectivity index (χ1v) is 5.56. The van der Waals surface area contributed by atoms with Gasteiger partial charge >= 0.3 is 0 Å². The van der Waals surface area contributed by atoms with E-state index in [1.54, 1.807) is 30.3 Å². The van der Waals surface area contributed by atoms with Crippen LogP contribution in [0.15, 0.2) is 42.5 Å². The number of rotatable bonds is 3. The smallest absolute Gasteiger partial charge is 0.159 e. The minimum atomic E-state index is -0.306. The highest BCUT2D eigenvalue weighted by atomic mass is 19.1. The van der Waals surface area contributed by atoms with Crippen LogP contribution in [-0.2, 0) is 0 Å². The molecule has 18 heavy (non-hydrogen) atoms. The summed E-state index contributed by atoms with van der Waals surface area (Å²) in [5, 5.41) is 0. The summed E-state index contributed by atoms with van der Waals surface area (Å²) >= 11 is 0. The summed E-state index contributed by atoms with van der Waals surface area (Å²) < 4.78 is 18.3. The van der Waals surface area contributed by atoms with Crippen molar-refractivity contribution in [2.24, 2.45) is 0 Å². The van der Waals surface area contributed by atoms with Gasteiger partial charge < -0.3 is 4.74 Å². The molecule has 0 bridgehead atoms. The van der Waals surface area contributed by atoms with E-state index in [4.69, 9.17) is 4.74 Å². The van der Waals surface area contributed by atoms with Crippen molar-refractivity contribution >= 4 is 5.78 Å². The van der Waals surface area contributed by atoms with Crippen LogP contribution < -0.4 is 4.74 Å². The highest BCUT2D eigenvalue weighted by molar-refractivity contribution is 5.95. The fourth-order valence-electron chi connectivity index (χ4n) is 1.75. The largest absolute Gasteiger partial charge is 0.497 e. The second kappa shape index (κ2) is 5.00. The molecule has 0 aromatic heterocycles. The van der Waals surface area contributed by atoms with Gasteiger partial charge in [0.25, 0.3) is 0 Å². The predicted molar refractivity (Wildman–Crippen MR) is 68.4 cm³/mol. The summed E-state index contributed by atoms with van der Waals surface area (Å²) in [5.74, 6) is 0.230. The Kier molecular flexibility index (Phi) is 3.42. The molecular formula is C15H13FO2. The lowest BCUT2D eigenvalue weighted by Gasteiger charge is -2.08. The van der Waals surface area contributed by atoms with E-state index in [9.17, 15) is 9.18 Å². The lowest BCUT2D eigenvalue weighted by atomic mass is 10.0. The zero-order chi connectivity index (χ0) is 13.1. The molecule has 0 heterocycles. The van der Waals surface area contributed by atoms with Crippen LogP contribution in [0.1, 0.15) is 17.3 Å². The molecule has 2 aromatic rings. The molecule has 2 aromatic carbocycles. The number of hydrogen-bond donors (Lipinski definition) is 0. The average Bonchev–Trinajstić information content (AvgIpc) is 2.38. The molecule has 0 atom stereocenters. The van der Waals surface area contributed by atoms with E-state index in [-0.39, 0.29) is 11.6 Å². The maximum absolute atomic E-state index is 13.2. The zero-order valence-corrected chi connectivity index (χ0v) is 10.2. The van der Waals surface area contributed by atoms with Crippen molar-refractivity contribution in [1.82, 2.24) is 0 Å². The second-order valence-electron chi connectivity index (χ2n) is 4.02. The first kappa shape index (κ1) is 12.3. The monoisotopic (exact) mass is 244 g/mol. The van der Waals surface area contributed by atoms with Crippen LogP contribution in [0.25, 0.3) is 11.1 Å². The first-order chi connectivity index (χ1) is 8.60. The highest BCUT2D eigenvalue weighted by Crippen LogP contribution is 2.26. The minimum Gasteiger partial charge on any atom is -0.497 e. The van der Waals surface area contributed by atoms with Gasteiger partial charge in [0.15, 0.2) is 5.78 Å². The van der Waals surface area contributed by atoms with E-state index >= 15 is 0 Å². The van der Waals surface area contributed by atoms with Crippen LogP contribution in [0.2, 0.25) is 0 Å². The van der Waals surface area contributed by atoms with Gasteiger partial charge in [-0.3, -0.25) is 4.79 Å². The zero-order valence-electron chi connectivity index (χ0n) is 10.2. The molecule has 0 aliphatic rings. The van der Waals surface area contributed by atoms with Crippen LogP contribution in [0.4, 0.5) is 4.39 Å². The summed E-state index contributed by atoms with van der Waals surface area (Å²) in [7, 11) is 1.54. The Balaban J connectivity index is 2.56. The van der Waals surface area contributed by atoms with Crippen molar-refractivity contribution in [2.75, 3.05) is 7.11 Å². The lowest BCUT2D eigenvalue weighted by Crippen LogP contribution is -1.95. The fourth-order valence-corrected chi connectivity index (χ4v) is 1.75. The molecule has 3 heteroatoms. The van der Waals surface area contributed by atoms with Gasteiger partial charge in [-0.1, -0.05) is 12.1 Å². The van der Waals surface area contributed by atoms with Gasteiger partial charge in [0.1, 0.15) is 11.6 Å². The predicted octanol–water partition coefficient (Wildman–Crippen LogP) is 3.70. The first-order valence-electron chi connectivity index (χ1n) is 5.56. The van der Waals surface area contributed by atoms with Gasteiger partial charge in [-0.25, -0.2) is 4.39 Å². The number of carbonyl (C=O) groups is 1.